The van der Waals surface area contributed by atoms with Gasteiger partial charge in [0.05, 0.1) is 6.10 Å². The summed E-state index contributed by atoms with van der Waals surface area (Å²) in [4.78, 5) is 23.6. The zero-order chi connectivity index (χ0) is 22.5. The third-order valence-electron chi connectivity index (χ3n) is 6.42. The molecule has 2 fully saturated rings. The van der Waals surface area contributed by atoms with E-state index in [1.54, 1.807) is 7.11 Å². The molecule has 1 saturated heterocycles. The third kappa shape index (κ3) is 5.51. The lowest BCUT2D eigenvalue weighted by atomic mass is 9.77. The number of amides is 1. The minimum atomic E-state index is -0.712. The van der Waals surface area contributed by atoms with E-state index < -0.39 is 5.97 Å². The van der Waals surface area contributed by atoms with Crippen LogP contribution in [0, 0.1) is 5.92 Å². The number of carbonyl (C=O) groups is 2. The Hall–Kier alpha value is -2.36. The monoisotopic (exact) mass is 459 g/mol. The summed E-state index contributed by atoms with van der Waals surface area (Å²) >= 11 is 1.30. The number of carboxylic acids is 1. The molecule has 2 atom stereocenters. The molecule has 1 saturated carbocycles. The van der Waals surface area contributed by atoms with Crippen LogP contribution in [0.2, 0.25) is 0 Å². The first-order valence-corrected chi connectivity index (χ1v) is 12.0. The molecular weight excluding hydrogens is 430 g/mol. The molecule has 9 heteroatoms. The van der Waals surface area contributed by atoms with E-state index in [-0.39, 0.29) is 30.5 Å². The number of aliphatic carboxylic acids is 1. The number of nitrogens with one attached hydrogen (secondary N) is 1. The summed E-state index contributed by atoms with van der Waals surface area (Å²) in [5.41, 5.74) is 1.76. The van der Waals surface area contributed by atoms with Crippen molar-refractivity contribution in [1.29, 1.82) is 0 Å². The Balaban J connectivity index is 1.32. The lowest BCUT2D eigenvalue weighted by Crippen LogP contribution is -2.19. The number of aromatic nitrogens is 2. The number of methoxy groups -OCH3 is 1. The van der Waals surface area contributed by atoms with Crippen LogP contribution >= 0.6 is 11.3 Å². The van der Waals surface area contributed by atoms with Crippen LogP contribution in [0.25, 0.3) is 0 Å². The van der Waals surface area contributed by atoms with Gasteiger partial charge < -0.3 is 14.6 Å². The first-order chi connectivity index (χ1) is 15.5. The van der Waals surface area contributed by atoms with Gasteiger partial charge in [-0.25, -0.2) is 0 Å². The number of carboxylic acid groups (broad SMARTS) is 1. The summed E-state index contributed by atoms with van der Waals surface area (Å²) in [6.07, 6.45) is 5.75. The summed E-state index contributed by atoms with van der Waals surface area (Å²) in [5.74, 6) is -0.235. The molecule has 172 valence electrons. The van der Waals surface area contributed by atoms with Crippen LogP contribution in [-0.4, -0.2) is 47.0 Å². The van der Waals surface area contributed by atoms with Gasteiger partial charge >= 0.3 is 5.97 Å². The Morgan fingerprint density at radius 2 is 1.94 bits per heavy atom. The summed E-state index contributed by atoms with van der Waals surface area (Å²) in [7, 11) is 1.63. The van der Waals surface area contributed by atoms with Crippen LogP contribution in [0.3, 0.4) is 0 Å². The Labute approximate surface area is 191 Å². The molecule has 2 unspecified atom stereocenters. The lowest BCUT2D eigenvalue weighted by molar-refractivity contribution is -0.138. The average molecular weight is 460 g/mol. The Kier molecular flexibility index (Phi) is 7.49. The van der Waals surface area contributed by atoms with E-state index in [0.29, 0.717) is 21.6 Å². The van der Waals surface area contributed by atoms with Gasteiger partial charge in [0.15, 0.2) is 5.01 Å². The molecule has 8 nitrogen and oxygen atoms in total. The van der Waals surface area contributed by atoms with Gasteiger partial charge in [-0.15, -0.1) is 10.2 Å². The third-order valence-corrected chi connectivity index (χ3v) is 7.32. The highest BCUT2D eigenvalue weighted by Crippen LogP contribution is 2.37. The molecule has 1 aromatic carbocycles. The highest BCUT2D eigenvalue weighted by atomic mass is 32.1. The van der Waals surface area contributed by atoms with Crippen molar-refractivity contribution in [1.82, 2.24) is 10.2 Å². The fourth-order valence-corrected chi connectivity index (χ4v) is 5.55. The van der Waals surface area contributed by atoms with Crippen molar-refractivity contribution in [3.8, 4) is 0 Å². The summed E-state index contributed by atoms with van der Waals surface area (Å²) in [6.45, 7) is 0.729. The minimum absolute atomic E-state index is 0.0248. The summed E-state index contributed by atoms with van der Waals surface area (Å²) < 4.78 is 11.3. The molecule has 0 radical (unpaired) electrons. The van der Waals surface area contributed by atoms with Gasteiger partial charge in [0.2, 0.25) is 5.13 Å². The highest BCUT2D eigenvalue weighted by molar-refractivity contribution is 7.15. The van der Waals surface area contributed by atoms with Gasteiger partial charge in [-0.1, -0.05) is 23.5 Å². The first-order valence-electron chi connectivity index (χ1n) is 11.1. The van der Waals surface area contributed by atoms with Crippen LogP contribution in [0.15, 0.2) is 24.3 Å². The average Bonchev–Trinajstić information content (AvgIpc) is 3.48. The minimum Gasteiger partial charge on any atom is -0.481 e. The van der Waals surface area contributed by atoms with Crippen molar-refractivity contribution >= 4 is 28.3 Å². The molecule has 32 heavy (non-hydrogen) atoms. The maximum Gasteiger partial charge on any atom is 0.303 e. The van der Waals surface area contributed by atoms with E-state index in [4.69, 9.17) is 14.6 Å². The second kappa shape index (κ2) is 10.5. The predicted molar refractivity (Wildman–Crippen MR) is 120 cm³/mol. The molecule has 4 rings (SSSR count). The number of carbonyl (C=O) groups excluding carboxylic acids is 1. The lowest BCUT2D eigenvalue weighted by Gasteiger charge is -2.28. The van der Waals surface area contributed by atoms with Gasteiger partial charge in [0.1, 0.15) is 6.10 Å². The standard InChI is InChI=1S/C23H29N3O5S/c1-30-20(18-3-2-12-31-18)22-25-26-23(32-22)24-21(29)17-10-8-16(9-11-17)15-6-4-14(5-7-15)13-19(27)28/h8-11,14-15,18,20H,2-7,12-13H2,1H3,(H,27,28)(H,24,26,29). The number of hydrogen-bond donors (Lipinski definition) is 2. The number of hydrogen-bond acceptors (Lipinski definition) is 7. The van der Waals surface area contributed by atoms with Crippen LogP contribution < -0.4 is 5.32 Å². The number of benzene rings is 1. The SMILES string of the molecule is COC(c1nnc(NC(=O)c2ccc(C3CCC(CC(=O)O)CC3)cc2)s1)C1CCCO1. The zero-order valence-electron chi connectivity index (χ0n) is 18.2. The first kappa shape index (κ1) is 22.8. The van der Waals surface area contributed by atoms with Gasteiger partial charge in [0.25, 0.3) is 5.91 Å². The molecule has 2 aliphatic rings. The molecule has 2 aromatic rings. The normalized spacial score (nSPS) is 24.2. The second-order valence-electron chi connectivity index (χ2n) is 8.54. The van der Waals surface area contributed by atoms with Crippen LogP contribution in [0.4, 0.5) is 5.13 Å². The number of ether oxygens (including phenoxy) is 2. The van der Waals surface area contributed by atoms with Gasteiger partial charge in [-0.3, -0.25) is 14.9 Å². The Morgan fingerprint density at radius 3 is 2.56 bits per heavy atom. The topological polar surface area (TPSA) is 111 Å². The maximum absolute atomic E-state index is 12.7. The molecule has 0 spiro atoms. The van der Waals surface area contributed by atoms with Crippen LogP contribution in [-0.2, 0) is 14.3 Å². The van der Waals surface area contributed by atoms with Gasteiger partial charge in [-0.2, -0.15) is 0 Å². The van der Waals surface area contributed by atoms with Crippen LogP contribution in [0.1, 0.15) is 77.9 Å². The van der Waals surface area contributed by atoms with E-state index in [1.165, 1.54) is 16.9 Å². The molecule has 2 heterocycles. The van der Waals surface area contributed by atoms with Crippen molar-refractivity contribution in [3.63, 3.8) is 0 Å². The Bertz CT molecular complexity index is 918. The molecule has 1 amide bonds. The van der Waals surface area contributed by atoms with E-state index in [9.17, 15) is 9.59 Å². The van der Waals surface area contributed by atoms with Crippen molar-refractivity contribution in [3.05, 3.63) is 40.4 Å². The van der Waals surface area contributed by atoms with E-state index >= 15 is 0 Å². The van der Waals surface area contributed by atoms with E-state index in [0.717, 1.165) is 45.1 Å². The number of nitrogens with zero attached hydrogens (tertiary/aromatic N) is 2. The number of rotatable bonds is 8. The fraction of sp³-hybridized carbons (Fsp3) is 0.565. The smallest absolute Gasteiger partial charge is 0.303 e. The van der Waals surface area contributed by atoms with Gasteiger partial charge in [-0.05, 0) is 68.1 Å². The fourth-order valence-electron chi connectivity index (χ4n) is 4.68. The van der Waals surface area contributed by atoms with Gasteiger partial charge in [0, 0.05) is 25.7 Å². The molecule has 1 aliphatic heterocycles. The van der Waals surface area contributed by atoms with Crippen molar-refractivity contribution in [2.75, 3.05) is 19.0 Å². The number of anilines is 1. The summed E-state index contributed by atoms with van der Waals surface area (Å²) in [6, 6.07) is 7.67. The molecule has 2 N–H and O–H groups in total. The van der Waals surface area contributed by atoms with Crippen molar-refractivity contribution in [2.24, 2.45) is 5.92 Å². The Morgan fingerprint density at radius 1 is 1.19 bits per heavy atom. The maximum atomic E-state index is 12.7. The molecule has 1 aromatic heterocycles. The van der Waals surface area contributed by atoms with Crippen molar-refractivity contribution in [2.45, 2.75) is 63.1 Å². The molecule has 1 aliphatic carbocycles. The van der Waals surface area contributed by atoms with Crippen LogP contribution in [0.5, 0.6) is 0 Å². The van der Waals surface area contributed by atoms with E-state index in [1.807, 2.05) is 24.3 Å². The van der Waals surface area contributed by atoms with E-state index in [2.05, 4.69) is 15.5 Å². The summed E-state index contributed by atoms with van der Waals surface area (Å²) in [5, 5.41) is 21.2. The van der Waals surface area contributed by atoms with Crippen molar-refractivity contribution < 1.29 is 24.2 Å². The quantitative estimate of drug-likeness (QED) is 0.602. The molecular formula is C23H29N3O5S. The predicted octanol–water partition coefficient (Wildman–Crippen LogP) is 4.41. The largest absolute Gasteiger partial charge is 0.481 e. The molecule has 0 bridgehead atoms. The zero-order valence-corrected chi connectivity index (χ0v) is 19.0. The second-order valence-corrected chi connectivity index (χ2v) is 9.55. The highest BCUT2D eigenvalue weighted by Gasteiger charge is 2.30.